The Labute approximate surface area is 150 Å². The smallest absolute Gasteiger partial charge is 0.408 e. The van der Waals surface area contributed by atoms with Crippen LogP contribution in [0.3, 0.4) is 0 Å². The van der Waals surface area contributed by atoms with Crippen LogP contribution in [0.2, 0.25) is 5.02 Å². The fourth-order valence-electron chi connectivity index (χ4n) is 2.85. The van der Waals surface area contributed by atoms with Crippen LogP contribution in [0.4, 0.5) is 0 Å². The Kier molecular flexibility index (Phi) is 5.24. The standard InChI is InChI=1S/C19H19ClN2O3/c1-2-15(13-6-5-7-14(20)12-13)21-18(23)10-11-22-16-8-3-4-9-17(16)25-19(22)24/h3-9,12,15H,2,10-11H2,1H3,(H,21,23). The molecule has 0 saturated heterocycles. The van der Waals surface area contributed by atoms with Crippen LogP contribution in [-0.4, -0.2) is 10.5 Å². The lowest BCUT2D eigenvalue weighted by Crippen LogP contribution is -2.29. The first-order valence-corrected chi connectivity index (χ1v) is 8.59. The van der Waals surface area contributed by atoms with E-state index in [4.69, 9.17) is 16.0 Å². The first-order valence-electron chi connectivity index (χ1n) is 8.21. The third kappa shape index (κ3) is 3.94. The number of nitrogens with zero attached hydrogens (tertiary/aromatic N) is 1. The van der Waals surface area contributed by atoms with Gasteiger partial charge in [-0.25, -0.2) is 4.79 Å². The second kappa shape index (κ2) is 7.57. The fourth-order valence-corrected chi connectivity index (χ4v) is 3.05. The number of carbonyl (C=O) groups is 1. The number of nitrogens with one attached hydrogen (secondary N) is 1. The molecule has 0 spiro atoms. The molecule has 1 atom stereocenters. The van der Waals surface area contributed by atoms with Gasteiger partial charge in [-0.1, -0.05) is 42.8 Å². The number of oxazole rings is 1. The van der Waals surface area contributed by atoms with Crippen molar-refractivity contribution in [2.75, 3.05) is 0 Å². The summed E-state index contributed by atoms with van der Waals surface area (Å²) >= 11 is 6.02. The molecular weight excluding hydrogens is 340 g/mol. The maximum atomic E-state index is 12.3. The lowest BCUT2D eigenvalue weighted by atomic mass is 10.0. The first kappa shape index (κ1) is 17.3. The van der Waals surface area contributed by atoms with E-state index in [0.29, 0.717) is 16.1 Å². The molecule has 0 aliphatic heterocycles. The number of hydrogen-bond donors (Lipinski definition) is 1. The molecule has 1 aromatic heterocycles. The van der Waals surface area contributed by atoms with Crippen molar-refractivity contribution in [3.05, 3.63) is 69.7 Å². The van der Waals surface area contributed by atoms with E-state index in [0.717, 1.165) is 12.0 Å². The quantitative estimate of drug-likeness (QED) is 0.726. The minimum Gasteiger partial charge on any atom is -0.408 e. The predicted octanol–water partition coefficient (Wildman–Crippen LogP) is 3.91. The number of halogens is 1. The third-order valence-corrected chi connectivity index (χ3v) is 4.37. The highest BCUT2D eigenvalue weighted by atomic mass is 35.5. The zero-order valence-corrected chi connectivity index (χ0v) is 14.6. The number of benzene rings is 2. The third-order valence-electron chi connectivity index (χ3n) is 4.13. The van der Waals surface area contributed by atoms with Crippen molar-refractivity contribution in [2.45, 2.75) is 32.4 Å². The zero-order chi connectivity index (χ0) is 17.8. The van der Waals surface area contributed by atoms with E-state index in [2.05, 4.69) is 5.32 Å². The van der Waals surface area contributed by atoms with Crippen molar-refractivity contribution in [1.29, 1.82) is 0 Å². The Hall–Kier alpha value is -2.53. The topological polar surface area (TPSA) is 64.2 Å². The molecule has 1 heterocycles. The van der Waals surface area contributed by atoms with E-state index in [-0.39, 0.29) is 24.9 Å². The first-order chi connectivity index (χ1) is 12.1. The molecule has 3 aromatic rings. The minimum absolute atomic E-state index is 0.107. The van der Waals surface area contributed by atoms with Gasteiger partial charge in [0.25, 0.3) is 0 Å². The number of para-hydroxylation sites is 2. The largest absolute Gasteiger partial charge is 0.419 e. The minimum atomic E-state index is -0.448. The van der Waals surface area contributed by atoms with Crippen molar-refractivity contribution in [3.63, 3.8) is 0 Å². The highest BCUT2D eigenvalue weighted by Crippen LogP contribution is 2.20. The summed E-state index contributed by atoms with van der Waals surface area (Å²) in [6.07, 6.45) is 0.946. The molecule has 5 nitrogen and oxygen atoms in total. The van der Waals surface area contributed by atoms with E-state index in [1.807, 2.05) is 31.2 Å². The Balaban J connectivity index is 1.67. The SMILES string of the molecule is CCC(NC(=O)CCn1c(=O)oc2ccccc21)c1cccc(Cl)c1. The van der Waals surface area contributed by atoms with Crippen LogP contribution in [-0.2, 0) is 11.3 Å². The molecule has 0 bridgehead atoms. The van der Waals surface area contributed by atoms with Crippen molar-refractivity contribution in [2.24, 2.45) is 0 Å². The molecule has 130 valence electrons. The number of rotatable bonds is 6. The van der Waals surface area contributed by atoms with Gasteiger partial charge >= 0.3 is 5.76 Å². The number of fused-ring (bicyclic) bond motifs is 1. The number of hydrogen-bond acceptors (Lipinski definition) is 3. The summed E-state index contributed by atoms with van der Waals surface area (Å²) in [5, 5.41) is 3.64. The van der Waals surface area contributed by atoms with Crippen molar-refractivity contribution in [3.8, 4) is 0 Å². The molecule has 2 aromatic carbocycles. The molecule has 6 heteroatoms. The zero-order valence-electron chi connectivity index (χ0n) is 13.9. The van der Waals surface area contributed by atoms with E-state index in [1.165, 1.54) is 4.57 Å². The summed E-state index contributed by atoms with van der Waals surface area (Å²) < 4.78 is 6.66. The van der Waals surface area contributed by atoms with Crippen LogP contribution in [0.25, 0.3) is 11.1 Å². The maximum Gasteiger partial charge on any atom is 0.419 e. The van der Waals surface area contributed by atoms with Crippen LogP contribution in [0.1, 0.15) is 31.4 Å². The van der Waals surface area contributed by atoms with Gasteiger partial charge in [0.1, 0.15) is 0 Å². The summed E-state index contributed by atoms with van der Waals surface area (Å²) in [5.41, 5.74) is 2.19. The molecule has 0 aliphatic rings. The van der Waals surface area contributed by atoms with Gasteiger partial charge in [-0.05, 0) is 36.2 Å². The van der Waals surface area contributed by atoms with E-state index in [9.17, 15) is 9.59 Å². The van der Waals surface area contributed by atoms with Crippen LogP contribution < -0.4 is 11.1 Å². The normalized spacial score (nSPS) is 12.2. The number of amides is 1. The number of aromatic nitrogens is 1. The Morgan fingerprint density at radius 2 is 2.04 bits per heavy atom. The van der Waals surface area contributed by atoms with Crippen molar-refractivity contribution < 1.29 is 9.21 Å². The summed E-state index contributed by atoms with van der Waals surface area (Å²) in [6, 6.07) is 14.5. The Morgan fingerprint density at radius 3 is 2.80 bits per heavy atom. The van der Waals surface area contributed by atoms with Crippen LogP contribution in [0, 0.1) is 0 Å². The van der Waals surface area contributed by atoms with Gasteiger partial charge in [0.15, 0.2) is 5.58 Å². The second-order valence-electron chi connectivity index (χ2n) is 5.82. The van der Waals surface area contributed by atoms with Gasteiger partial charge in [-0.3, -0.25) is 9.36 Å². The van der Waals surface area contributed by atoms with Gasteiger partial charge in [0, 0.05) is 18.0 Å². The highest BCUT2D eigenvalue weighted by Gasteiger charge is 2.15. The monoisotopic (exact) mass is 358 g/mol. The van der Waals surface area contributed by atoms with E-state index in [1.54, 1.807) is 24.3 Å². The average Bonchev–Trinajstić information content (AvgIpc) is 2.93. The number of carbonyl (C=O) groups excluding carboxylic acids is 1. The summed E-state index contributed by atoms with van der Waals surface area (Å²) in [4.78, 5) is 24.3. The number of aryl methyl sites for hydroxylation is 1. The van der Waals surface area contributed by atoms with Crippen molar-refractivity contribution in [1.82, 2.24) is 9.88 Å². The molecular formula is C19H19ClN2O3. The molecule has 0 radical (unpaired) electrons. The van der Waals surface area contributed by atoms with Crippen molar-refractivity contribution >= 4 is 28.6 Å². The van der Waals surface area contributed by atoms with E-state index >= 15 is 0 Å². The van der Waals surface area contributed by atoms with Crippen LogP contribution >= 0.6 is 11.6 Å². The molecule has 25 heavy (non-hydrogen) atoms. The maximum absolute atomic E-state index is 12.3. The Morgan fingerprint density at radius 1 is 1.24 bits per heavy atom. The van der Waals surface area contributed by atoms with Crippen LogP contribution in [0.5, 0.6) is 0 Å². The summed E-state index contributed by atoms with van der Waals surface area (Å²) in [7, 11) is 0. The fraction of sp³-hybridized carbons (Fsp3) is 0.263. The second-order valence-corrected chi connectivity index (χ2v) is 6.26. The van der Waals surface area contributed by atoms with E-state index < -0.39 is 5.76 Å². The lowest BCUT2D eigenvalue weighted by Gasteiger charge is -2.17. The van der Waals surface area contributed by atoms with Gasteiger partial charge in [-0.2, -0.15) is 0 Å². The van der Waals surface area contributed by atoms with Gasteiger partial charge < -0.3 is 9.73 Å². The lowest BCUT2D eigenvalue weighted by molar-refractivity contribution is -0.122. The van der Waals surface area contributed by atoms with Gasteiger partial charge in [0.2, 0.25) is 5.91 Å². The van der Waals surface area contributed by atoms with Gasteiger partial charge in [-0.15, -0.1) is 0 Å². The molecule has 1 N–H and O–H groups in total. The average molecular weight is 359 g/mol. The molecule has 0 fully saturated rings. The summed E-state index contributed by atoms with van der Waals surface area (Å²) in [5.74, 6) is -0.570. The molecule has 0 saturated carbocycles. The predicted molar refractivity (Wildman–Crippen MR) is 97.7 cm³/mol. The summed E-state index contributed by atoms with van der Waals surface area (Å²) in [6.45, 7) is 2.27. The Bertz CT molecular complexity index is 945. The molecule has 1 unspecified atom stereocenters. The molecule has 3 rings (SSSR count). The molecule has 1 amide bonds. The van der Waals surface area contributed by atoms with Crippen LogP contribution in [0.15, 0.2) is 57.7 Å². The van der Waals surface area contributed by atoms with Gasteiger partial charge in [0.05, 0.1) is 11.6 Å². The highest BCUT2D eigenvalue weighted by molar-refractivity contribution is 6.30. The molecule has 0 aliphatic carbocycles.